The lowest BCUT2D eigenvalue weighted by atomic mass is 10.1. The molecule has 0 bridgehead atoms. The van der Waals surface area contributed by atoms with E-state index in [1.807, 2.05) is 0 Å². The molecule has 0 aliphatic rings. The van der Waals surface area contributed by atoms with Crippen molar-refractivity contribution in [1.29, 1.82) is 0 Å². The van der Waals surface area contributed by atoms with Crippen molar-refractivity contribution >= 4 is 17.5 Å². The number of anilines is 1. The van der Waals surface area contributed by atoms with E-state index in [1.165, 1.54) is 18.9 Å². The monoisotopic (exact) mass is 381 g/mol. The predicted molar refractivity (Wildman–Crippen MR) is 84.8 cm³/mol. The quantitative estimate of drug-likeness (QED) is 0.468. The molecule has 26 heavy (non-hydrogen) atoms. The van der Waals surface area contributed by atoms with Crippen LogP contribution in [0, 0.1) is 29.1 Å². The number of halogens is 5. The van der Waals surface area contributed by atoms with Crippen molar-refractivity contribution in [3.8, 4) is 0 Å². The molecule has 2 N–H and O–H groups in total. The summed E-state index contributed by atoms with van der Waals surface area (Å²) in [5.41, 5.74) is -1.94. The topological polar surface area (TPSA) is 61.4 Å². The highest BCUT2D eigenvalue weighted by Gasteiger charge is 2.29. The fourth-order valence-electron chi connectivity index (χ4n) is 1.96. The van der Waals surface area contributed by atoms with Gasteiger partial charge in [0.25, 0.3) is 0 Å². The summed E-state index contributed by atoms with van der Waals surface area (Å²) in [5.74, 6) is -12.4. The van der Waals surface area contributed by atoms with Crippen molar-refractivity contribution in [2.24, 2.45) is 0 Å². The molecular formula is C16H20F5N3O2. The van der Waals surface area contributed by atoms with E-state index in [9.17, 15) is 31.5 Å². The van der Waals surface area contributed by atoms with Gasteiger partial charge in [-0.1, -0.05) is 0 Å². The molecule has 0 radical (unpaired) electrons. The van der Waals surface area contributed by atoms with Gasteiger partial charge in [-0.2, -0.15) is 0 Å². The van der Waals surface area contributed by atoms with E-state index in [0.29, 0.717) is 0 Å². The zero-order valence-electron chi connectivity index (χ0n) is 14.9. The smallest absolute Gasteiger partial charge is 0.241 e. The lowest BCUT2D eigenvalue weighted by Crippen LogP contribution is -2.49. The Morgan fingerprint density at radius 3 is 1.81 bits per heavy atom. The molecule has 1 aromatic carbocycles. The van der Waals surface area contributed by atoms with Crippen molar-refractivity contribution in [2.75, 3.05) is 18.9 Å². The van der Waals surface area contributed by atoms with E-state index >= 15 is 0 Å². The molecular weight excluding hydrogens is 361 g/mol. The maximum Gasteiger partial charge on any atom is 0.241 e. The van der Waals surface area contributed by atoms with Gasteiger partial charge in [-0.15, -0.1) is 0 Å². The van der Waals surface area contributed by atoms with E-state index in [0.717, 1.165) is 0 Å². The van der Waals surface area contributed by atoms with E-state index in [1.54, 1.807) is 26.1 Å². The number of hydrogen-bond donors (Lipinski definition) is 2. The summed E-state index contributed by atoms with van der Waals surface area (Å²) in [6, 6.07) is -1.09. The molecule has 0 saturated carbocycles. The Balaban J connectivity index is 2.90. The van der Waals surface area contributed by atoms with Crippen LogP contribution in [0.1, 0.15) is 27.7 Å². The first-order chi connectivity index (χ1) is 11.8. The highest BCUT2D eigenvalue weighted by molar-refractivity contribution is 5.95. The van der Waals surface area contributed by atoms with Crippen LogP contribution in [0.15, 0.2) is 0 Å². The minimum Gasteiger partial charge on any atom is -0.350 e. The van der Waals surface area contributed by atoms with Gasteiger partial charge in [0.05, 0.1) is 12.6 Å². The van der Waals surface area contributed by atoms with E-state index < -0.39 is 58.2 Å². The van der Waals surface area contributed by atoms with Crippen LogP contribution in [-0.4, -0.2) is 41.9 Å². The number of likely N-dealkylation sites (N-methyl/N-ethyl adjacent to an activating group) is 1. The first-order valence-corrected chi connectivity index (χ1v) is 7.59. The molecule has 1 aromatic rings. The Hall–Kier alpha value is -2.23. The van der Waals surface area contributed by atoms with Crippen LogP contribution in [0.4, 0.5) is 27.6 Å². The Labute approximate surface area is 147 Å². The summed E-state index contributed by atoms with van der Waals surface area (Å²) in [5, 5.41) is 4.34. The van der Waals surface area contributed by atoms with Gasteiger partial charge in [-0.05, 0) is 34.7 Å². The molecule has 0 spiro atoms. The van der Waals surface area contributed by atoms with Gasteiger partial charge in [0.1, 0.15) is 5.69 Å². The predicted octanol–water partition coefficient (Wildman–Crippen LogP) is 2.56. The third-order valence-corrected chi connectivity index (χ3v) is 3.41. The number of benzene rings is 1. The molecule has 0 heterocycles. The number of rotatable bonds is 5. The van der Waals surface area contributed by atoms with Crippen LogP contribution >= 0.6 is 0 Å². The number of hydrogen-bond acceptors (Lipinski definition) is 3. The van der Waals surface area contributed by atoms with Crippen LogP contribution in [0.5, 0.6) is 0 Å². The van der Waals surface area contributed by atoms with Gasteiger partial charge in [-0.25, -0.2) is 22.0 Å². The highest BCUT2D eigenvalue weighted by Crippen LogP contribution is 2.27. The Bertz CT molecular complexity index is 690. The van der Waals surface area contributed by atoms with E-state index in [-0.39, 0.29) is 6.54 Å². The molecule has 0 saturated heterocycles. The van der Waals surface area contributed by atoms with E-state index in [4.69, 9.17) is 0 Å². The second kappa shape index (κ2) is 7.98. The molecule has 146 valence electrons. The van der Waals surface area contributed by atoms with Crippen LogP contribution in [-0.2, 0) is 9.59 Å². The summed E-state index contributed by atoms with van der Waals surface area (Å²) in [6.45, 7) is 6.35. The molecule has 10 heteroatoms. The lowest BCUT2D eigenvalue weighted by Gasteiger charge is -2.26. The van der Waals surface area contributed by atoms with Crippen LogP contribution < -0.4 is 10.6 Å². The molecule has 0 aliphatic heterocycles. The summed E-state index contributed by atoms with van der Waals surface area (Å²) in [7, 11) is 1.39. The van der Waals surface area contributed by atoms with Gasteiger partial charge in [0.15, 0.2) is 23.3 Å². The van der Waals surface area contributed by atoms with Gasteiger partial charge < -0.3 is 10.6 Å². The molecule has 0 fully saturated rings. The minimum atomic E-state index is -2.32. The largest absolute Gasteiger partial charge is 0.350 e. The average molecular weight is 381 g/mol. The Morgan fingerprint density at radius 2 is 1.38 bits per heavy atom. The second-order valence-electron chi connectivity index (χ2n) is 6.82. The number of amides is 2. The maximum absolute atomic E-state index is 13.6. The summed E-state index contributed by atoms with van der Waals surface area (Å²) >= 11 is 0. The van der Waals surface area contributed by atoms with Gasteiger partial charge in [0, 0.05) is 5.54 Å². The Kier molecular flexibility index (Phi) is 6.70. The van der Waals surface area contributed by atoms with Crippen LogP contribution in [0.2, 0.25) is 0 Å². The van der Waals surface area contributed by atoms with Gasteiger partial charge in [-0.3, -0.25) is 14.5 Å². The molecule has 1 rings (SSSR count). The third kappa shape index (κ3) is 5.13. The SMILES string of the molecule is CC(C(=O)Nc1c(F)c(F)c(F)c(F)c1F)N(C)CC(=O)NC(C)(C)C. The van der Waals surface area contributed by atoms with Crippen molar-refractivity contribution < 1.29 is 31.5 Å². The zero-order valence-corrected chi connectivity index (χ0v) is 14.9. The standard InChI is InChI=1S/C16H20F5N3O2/c1-7(24(5)6-8(25)23-16(2,3)4)15(26)22-14-12(20)10(18)9(17)11(19)13(14)21/h7H,6H2,1-5H3,(H,22,26)(H,23,25). The zero-order chi connectivity index (χ0) is 20.4. The Morgan fingerprint density at radius 1 is 0.962 bits per heavy atom. The molecule has 1 atom stereocenters. The summed E-state index contributed by atoms with van der Waals surface area (Å²) in [6.07, 6.45) is 0. The molecule has 0 aromatic heterocycles. The van der Waals surface area contributed by atoms with Crippen molar-refractivity contribution in [2.45, 2.75) is 39.3 Å². The van der Waals surface area contributed by atoms with Crippen molar-refractivity contribution in [3.63, 3.8) is 0 Å². The first-order valence-electron chi connectivity index (χ1n) is 7.59. The van der Waals surface area contributed by atoms with Crippen molar-refractivity contribution in [3.05, 3.63) is 29.1 Å². The molecule has 5 nitrogen and oxygen atoms in total. The number of carbonyl (C=O) groups is 2. The molecule has 1 unspecified atom stereocenters. The normalized spacial score (nSPS) is 12.9. The molecule has 0 aliphatic carbocycles. The average Bonchev–Trinajstić information content (AvgIpc) is 2.52. The van der Waals surface area contributed by atoms with Gasteiger partial charge >= 0.3 is 0 Å². The highest BCUT2D eigenvalue weighted by atomic mass is 19.2. The number of carbonyl (C=O) groups excluding carboxylic acids is 2. The van der Waals surface area contributed by atoms with Gasteiger partial charge in [0.2, 0.25) is 17.6 Å². The van der Waals surface area contributed by atoms with E-state index in [2.05, 4.69) is 5.32 Å². The second-order valence-corrected chi connectivity index (χ2v) is 6.82. The van der Waals surface area contributed by atoms with Crippen molar-refractivity contribution in [1.82, 2.24) is 10.2 Å². The third-order valence-electron chi connectivity index (χ3n) is 3.41. The van der Waals surface area contributed by atoms with Crippen LogP contribution in [0.25, 0.3) is 0 Å². The summed E-state index contributed by atoms with van der Waals surface area (Å²) < 4.78 is 66.6. The molecule has 2 amide bonds. The fraction of sp³-hybridized carbons (Fsp3) is 0.500. The maximum atomic E-state index is 13.6. The summed E-state index contributed by atoms with van der Waals surface area (Å²) in [4.78, 5) is 25.2. The lowest BCUT2D eigenvalue weighted by molar-refractivity contribution is -0.125. The number of nitrogens with zero attached hydrogens (tertiary/aromatic N) is 1. The minimum absolute atomic E-state index is 0.219. The number of nitrogens with one attached hydrogen (secondary N) is 2. The van der Waals surface area contributed by atoms with Crippen LogP contribution in [0.3, 0.4) is 0 Å². The fourth-order valence-corrected chi connectivity index (χ4v) is 1.96. The first kappa shape index (κ1) is 21.8.